The van der Waals surface area contributed by atoms with Crippen LogP contribution in [0.3, 0.4) is 0 Å². The van der Waals surface area contributed by atoms with E-state index in [9.17, 15) is 10.1 Å². The predicted octanol–water partition coefficient (Wildman–Crippen LogP) is 0.621. The number of hydrogen-bond donors (Lipinski definition) is 3. The molecule has 0 fully saturated rings. The molecule has 0 atom stereocenters. The van der Waals surface area contributed by atoms with Gasteiger partial charge >= 0.3 is 5.69 Å². The van der Waals surface area contributed by atoms with Crippen molar-refractivity contribution >= 4 is 17.3 Å². The molecule has 0 aromatic carbocycles. The van der Waals surface area contributed by atoms with Crippen molar-refractivity contribution in [1.82, 2.24) is 14.8 Å². The Morgan fingerprint density at radius 2 is 2.26 bits per heavy atom. The van der Waals surface area contributed by atoms with Gasteiger partial charge in [-0.2, -0.15) is 5.10 Å². The van der Waals surface area contributed by atoms with Crippen LogP contribution in [0.4, 0.5) is 17.3 Å². The SMILES string of the molecule is Cn1nccc1CNc1nc(NN)ccc1[N+](=O)[O-]. The van der Waals surface area contributed by atoms with Crippen molar-refractivity contribution in [3.8, 4) is 0 Å². The fraction of sp³-hybridized carbons (Fsp3) is 0.200. The van der Waals surface area contributed by atoms with Gasteiger partial charge in [0.25, 0.3) is 0 Å². The molecule has 9 heteroatoms. The van der Waals surface area contributed by atoms with Gasteiger partial charge in [-0.15, -0.1) is 0 Å². The average molecular weight is 263 g/mol. The molecule has 0 aliphatic heterocycles. The quantitative estimate of drug-likeness (QED) is 0.410. The van der Waals surface area contributed by atoms with Gasteiger partial charge in [-0.3, -0.25) is 14.8 Å². The minimum atomic E-state index is -0.501. The summed E-state index contributed by atoms with van der Waals surface area (Å²) in [4.78, 5) is 14.4. The lowest BCUT2D eigenvalue weighted by Gasteiger charge is -2.08. The van der Waals surface area contributed by atoms with E-state index >= 15 is 0 Å². The molecule has 0 aliphatic rings. The Hall–Kier alpha value is -2.68. The van der Waals surface area contributed by atoms with E-state index in [-0.39, 0.29) is 11.5 Å². The van der Waals surface area contributed by atoms with Gasteiger partial charge in [-0.05, 0) is 12.1 Å². The number of hydrogen-bond acceptors (Lipinski definition) is 7. The Kier molecular flexibility index (Phi) is 3.57. The van der Waals surface area contributed by atoms with Gasteiger partial charge in [0.1, 0.15) is 5.82 Å². The largest absolute Gasteiger partial charge is 0.359 e. The Morgan fingerprint density at radius 1 is 1.47 bits per heavy atom. The fourth-order valence-electron chi connectivity index (χ4n) is 1.56. The minimum Gasteiger partial charge on any atom is -0.359 e. The summed E-state index contributed by atoms with van der Waals surface area (Å²) in [6.07, 6.45) is 1.65. The standard InChI is InChI=1S/C10H13N7O2/c1-16-7(4-5-13-16)6-12-10-8(17(18)19)2-3-9(14-10)15-11/h2-5H,6,11H2,1H3,(H2,12,14,15). The smallest absolute Gasteiger partial charge is 0.311 e. The van der Waals surface area contributed by atoms with Gasteiger partial charge in [0, 0.05) is 19.3 Å². The average Bonchev–Trinajstić information content (AvgIpc) is 2.81. The third-order valence-corrected chi connectivity index (χ3v) is 2.58. The number of nitrogens with one attached hydrogen (secondary N) is 2. The van der Waals surface area contributed by atoms with Crippen LogP contribution in [-0.2, 0) is 13.6 Å². The van der Waals surface area contributed by atoms with Crippen molar-refractivity contribution in [2.45, 2.75) is 6.54 Å². The van der Waals surface area contributed by atoms with Crippen molar-refractivity contribution in [3.63, 3.8) is 0 Å². The Labute approximate surface area is 108 Å². The highest BCUT2D eigenvalue weighted by atomic mass is 16.6. The number of nitro groups is 1. The molecule has 4 N–H and O–H groups in total. The molecule has 9 nitrogen and oxygen atoms in total. The van der Waals surface area contributed by atoms with Crippen LogP contribution in [0.15, 0.2) is 24.4 Å². The summed E-state index contributed by atoms with van der Waals surface area (Å²) in [5.41, 5.74) is 3.11. The zero-order valence-electron chi connectivity index (χ0n) is 10.2. The van der Waals surface area contributed by atoms with Gasteiger partial charge in [0.15, 0.2) is 0 Å². The van der Waals surface area contributed by atoms with E-state index in [1.54, 1.807) is 17.9 Å². The maximum atomic E-state index is 10.9. The second-order valence-corrected chi connectivity index (χ2v) is 3.77. The molecular formula is C10H13N7O2. The molecule has 0 spiro atoms. The summed E-state index contributed by atoms with van der Waals surface area (Å²) in [5.74, 6) is 5.74. The first-order chi connectivity index (χ1) is 9.11. The summed E-state index contributed by atoms with van der Waals surface area (Å²) in [6.45, 7) is 0.373. The van der Waals surface area contributed by atoms with Gasteiger partial charge in [0.2, 0.25) is 5.82 Å². The van der Waals surface area contributed by atoms with Crippen molar-refractivity contribution < 1.29 is 4.92 Å². The van der Waals surface area contributed by atoms with E-state index < -0.39 is 4.92 Å². The van der Waals surface area contributed by atoms with Crippen molar-refractivity contribution in [2.24, 2.45) is 12.9 Å². The highest BCUT2D eigenvalue weighted by molar-refractivity contribution is 5.60. The maximum absolute atomic E-state index is 10.9. The van der Waals surface area contributed by atoms with E-state index in [1.165, 1.54) is 12.1 Å². The third kappa shape index (κ3) is 2.77. The highest BCUT2D eigenvalue weighted by Crippen LogP contribution is 2.24. The van der Waals surface area contributed by atoms with E-state index in [4.69, 9.17) is 5.84 Å². The lowest BCUT2D eigenvalue weighted by atomic mass is 10.3. The monoisotopic (exact) mass is 263 g/mol. The van der Waals surface area contributed by atoms with Crippen LogP contribution in [-0.4, -0.2) is 19.7 Å². The number of aromatic nitrogens is 3. The Morgan fingerprint density at radius 3 is 2.84 bits per heavy atom. The fourth-order valence-corrected chi connectivity index (χ4v) is 1.56. The highest BCUT2D eigenvalue weighted by Gasteiger charge is 2.16. The Balaban J connectivity index is 2.22. The van der Waals surface area contributed by atoms with E-state index in [0.717, 1.165) is 5.69 Å². The number of anilines is 2. The van der Waals surface area contributed by atoms with Crippen LogP contribution >= 0.6 is 0 Å². The molecule has 19 heavy (non-hydrogen) atoms. The van der Waals surface area contributed by atoms with Crippen LogP contribution in [0.25, 0.3) is 0 Å². The molecule has 2 aromatic heterocycles. The number of nitrogens with two attached hydrogens (primary N) is 1. The van der Waals surface area contributed by atoms with Crippen LogP contribution in [0, 0.1) is 10.1 Å². The first kappa shape index (κ1) is 12.8. The van der Waals surface area contributed by atoms with E-state index in [1.807, 2.05) is 6.07 Å². The van der Waals surface area contributed by atoms with Crippen LogP contribution in [0.1, 0.15) is 5.69 Å². The number of hydrazine groups is 1. The number of aryl methyl sites for hydroxylation is 1. The van der Waals surface area contributed by atoms with Gasteiger partial charge in [0.05, 0.1) is 17.2 Å². The first-order valence-electron chi connectivity index (χ1n) is 5.44. The summed E-state index contributed by atoms with van der Waals surface area (Å²) < 4.78 is 1.67. The summed E-state index contributed by atoms with van der Waals surface area (Å²) in [7, 11) is 1.79. The normalized spacial score (nSPS) is 10.2. The third-order valence-electron chi connectivity index (χ3n) is 2.58. The van der Waals surface area contributed by atoms with Crippen LogP contribution in [0.2, 0.25) is 0 Å². The molecule has 0 saturated heterocycles. The molecular weight excluding hydrogens is 250 g/mol. The van der Waals surface area contributed by atoms with Crippen molar-refractivity contribution in [3.05, 3.63) is 40.2 Å². The predicted molar refractivity (Wildman–Crippen MR) is 69.2 cm³/mol. The first-order valence-corrected chi connectivity index (χ1v) is 5.44. The molecule has 0 aliphatic carbocycles. The van der Waals surface area contributed by atoms with Crippen LogP contribution in [0.5, 0.6) is 0 Å². The molecule has 0 unspecified atom stereocenters. The molecule has 0 radical (unpaired) electrons. The van der Waals surface area contributed by atoms with E-state index in [0.29, 0.717) is 12.4 Å². The molecule has 0 amide bonds. The number of pyridine rings is 1. The van der Waals surface area contributed by atoms with Crippen LogP contribution < -0.4 is 16.6 Å². The number of nitrogens with zero attached hydrogens (tertiary/aromatic N) is 4. The zero-order chi connectivity index (χ0) is 13.8. The minimum absolute atomic E-state index is 0.110. The number of nitrogen functional groups attached to an aromatic ring is 1. The zero-order valence-corrected chi connectivity index (χ0v) is 10.2. The molecule has 0 bridgehead atoms. The molecule has 2 heterocycles. The van der Waals surface area contributed by atoms with E-state index in [2.05, 4.69) is 20.8 Å². The second-order valence-electron chi connectivity index (χ2n) is 3.77. The maximum Gasteiger partial charge on any atom is 0.311 e. The molecule has 2 rings (SSSR count). The summed E-state index contributed by atoms with van der Waals surface area (Å²) >= 11 is 0. The van der Waals surface area contributed by atoms with Crippen molar-refractivity contribution in [1.29, 1.82) is 0 Å². The lowest BCUT2D eigenvalue weighted by molar-refractivity contribution is -0.384. The summed E-state index contributed by atoms with van der Waals surface area (Å²) in [5, 5.41) is 17.8. The second kappa shape index (κ2) is 5.31. The van der Waals surface area contributed by atoms with Crippen molar-refractivity contribution in [2.75, 3.05) is 10.7 Å². The van der Waals surface area contributed by atoms with Gasteiger partial charge < -0.3 is 10.7 Å². The molecule has 2 aromatic rings. The topological polar surface area (TPSA) is 124 Å². The van der Waals surface area contributed by atoms with Gasteiger partial charge in [-0.25, -0.2) is 10.8 Å². The molecule has 100 valence electrons. The Bertz CT molecular complexity index is 595. The molecule has 0 saturated carbocycles. The number of rotatable bonds is 5. The lowest BCUT2D eigenvalue weighted by Crippen LogP contribution is -2.12. The summed E-state index contributed by atoms with van der Waals surface area (Å²) in [6, 6.07) is 4.59. The van der Waals surface area contributed by atoms with Gasteiger partial charge in [-0.1, -0.05) is 0 Å².